The Morgan fingerprint density at radius 2 is 1.72 bits per heavy atom. The molecule has 0 aliphatic carbocycles. The number of methoxy groups -OCH3 is 1. The molecule has 3 N–H and O–H groups in total. The van der Waals surface area contributed by atoms with Gasteiger partial charge in [-0.1, -0.05) is 0 Å². The Labute approximate surface area is 275 Å². The summed E-state index contributed by atoms with van der Waals surface area (Å²) in [7, 11) is 0.0499. The molecule has 2 saturated heterocycles. The van der Waals surface area contributed by atoms with Crippen LogP contribution in [0, 0.1) is 5.82 Å². The number of piperazine rings is 1. The third-order valence-electron chi connectivity index (χ3n) is 8.30. The summed E-state index contributed by atoms with van der Waals surface area (Å²) in [5, 5.41) is 6.23. The summed E-state index contributed by atoms with van der Waals surface area (Å²) in [6.07, 6.45) is 7.57. The van der Waals surface area contributed by atoms with Crippen molar-refractivity contribution < 1.29 is 17.5 Å². The normalized spacial score (nSPS) is 16.8. The van der Waals surface area contributed by atoms with Gasteiger partial charge in [-0.2, -0.15) is 4.98 Å². The van der Waals surface area contributed by atoms with Crippen LogP contribution in [-0.2, 0) is 10.0 Å². The van der Waals surface area contributed by atoms with E-state index in [1.54, 1.807) is 18.2 Å². The van der Waals surface area contributed by atoms with Gasteiger partial charge in [0.15, 0.2) is 0 Å². The Morgan fingerprint density at radius 3 is 2.43 bits per heavy atom. The number of benzene rings is 2. The molecule has 2 aliphatic rings. The van der Waals surface area contributed by atoms with Crippen LogP contribution in [0.2, 0.25) is 0 Å². The van der Waals surface area contributed by atoms with Crippen molar-refractivity contribution in [1.82, 2.24) is 29.7 Å². The Balaban J connectivity index is 1.20. The lowest BCUT2D eigenvalue weighted by Crippen LogP contribution is -2.52. The first kappa shape index (κ1) is 32.1. The van der Waals surface area contributed by atoms with Crippen LogP contribution >= 0.6 is 15.9 Å². The van der Waals surface area contributed by atoms with E-state index in [2.05, 4.69) is 73.0 Å². The molecule has 2 fully saturated rings. The SMILES string of the molecule is COc1cc(N2CCC(N3CCN(C)CC3)CC2)c(F)cc1Nc1ncc(Br)c(Nc2ccc3nccnc3c2NS(C)(=O)=O)n1. The number of aromatic nitrogens is 4. The summed E-state index contributed by atoms with van der Waals surface area (Å²) in [5.74, 6) is 0.579. The highest BCUT2D eigenvalue weighted by Crippen LogP contribution is 2.37. The maximum atomic E-state index is 15.6. The fourth-order valence-electron chi connectivity index (χ4n) is 5.90. The smallest absolute Gasteiger partial charge is 0.229 e. The summed E-state index contributed by atoms with van der Waals surface area (Å²) >= 11 is 3.46. The first-order valence-electron chi connectivity index (χ1n) is 14.9. The fraction of sp³-hybridized carbons (Fsp3) is 0.400. The number of ether oxygens (including phenoxy) is 1. The van der Waals surface area contributed by atoms with Gasteiger partial charge in [-0.15, -0.1) is 0 Å². The van der Waals surface area contributed by atoms with Crippen LogP contribution in [0.3, 0.4) is 0 Å². The van der Waals surface area contributed by atoms with Crippen LogP contribution in [0.5, 0.6) is 5.75 Å². The monoisotopic (exact) mass is 714 g/mol. The number of halogens is 2. The number of hydrogen-bond donors (Lipinski definition) is 3. The molecular weight excluding hydrogens is 679 g/mol. The van der Waals surface area contributed by atoms with Crippen molar-refractivity contribution in [3.05, 3.63) is 53.1 Å². The van der Waals surface area contributed by atoms with Crippen LogP contribution in [0.4, 0.5) is 38.9 Å². The van der Waals surface area contributed by atoms with E-state index in [4.69, 9.17) is 4.74 Å². The molecule has 4 heterocycles. The standard InChI is InChI=1S/C30H36BrFN10O3S/c1-40-12-14-41(15-13-40)19-6-10-42(11-7-19)25-17-26(45-2)24(16-21(25)32)37-30-35-18-20(31)29(38-30)36-23-5-4-22-27(34-9-8-33-22)28(23)39-46(3,43)44/h4-5,8-9,16-19,39H,6-7,10-15H2,1-3H3,(H2,35,36,37,38). The zero-order chi connectivity index (χ0) is 32.4. The van der Waals surface area contributed by atoms with E-state index >= 15 is 4.39 Å². The first-order valence-corrected chi connectivity index (χ1v) is 17.6. The Hall–Kier alpha value is -3.86. The van der Waals surface area contributed by atoms with Gasteiger partial charge < -0.3 is 25.2 Å². The van der Waals surface area contributed by atoms with Gasteiger partial charge >= 0.3 is 0 Å². The van der Waals surface area contributed by atoms with Gasteiger partial charge in [0.1, 0.15) is 22.9 Å². The quantitative estimate of drug-likeness (QED) is 0.226. The number of piperidine rings is 1. The zero-order valence-electron chi connectivity index (χ0n) is 25.8. The number of nitrogens with one attached hydrogen (secondary N) is 3. The van der Waals surface area contributed by atoms with E-state index in [1.165, 1.54) is 31.8 Å². The van der Waals surface area contributed by atoms with Crippen LogP contribution in [0.15, 0.2) is 47.3 Å². The van der Waals surface area contributed by atoms with Crippen molar-refractivity contribution >= 4 is 71.5 Å². The van der Waals surface area contributed by atoms with E-state index in [0.717, 1.165) is 58.4 Å². The van der Waals surface area contributed by atoms with E-state index < -0.39 is 10.0 Å². The molecule has 2 aromatic heterocycles. The highest BCUT2D eigenvalue weighted by Gasteiger charge is 2.28. The summed E-state index contributed by atoms with van der Waals surface area (Å²) in [6.45, 7) is 5.86. The molecule has 0 unspecified atom stereocenters. The van der Waals surface area contributed by atoms with Crippen molar-refractivity contribution in [1.29, 1.82) is 0 Å². The molecular formula is C30H36BrFN10O3S. The third kappa shape index (κ3) is 7.24. The predicted octanol–water partition coefficient (Wildman–Crippen LogP) is 4.40. The number of nitrogens with zero attached hydrogens (tertiary/aromatic N) is 7. The second-order valence-corrected chi connectivity index (χ2v) is 14.1. The zero-order valence-corrected chi connectivity index (χ0v) is 28.2. The average Bonchev–Trinajstić information content (AvgIpc) is 3.04. The van der Waals surface area contributed by atoms with Crippen LogP contribution in [0.1, 0.15) is 12.8 Å². The third-order valence-corrected chi connectivity index (χ3v) is 9.46. The minimum atomic E-state index is -3.65. The van der Waals surface area contributed by atoms with Gasteiger partial charge in [0, 0.05) is 76.0 Å². The lowest BCUT2D eigenvalue weighted by molar-refractivity contribution is 0.0981. The summed E-state index contributed by atoms with van der Waals surface area (Å²) in [4.78, 5) is 24.5. The van der Waals surface area contributed by atoms with Crippen LogP contribution < -0.4 is 25.0 Å². The number of anilines is 6. The maximum absolute atomic E-state index is 15.6. The van der Waals surface area contributed by atoms with Crippen molar-refractivity contribution in [2.45, 2.75) is 18.9 Å². The molecule has 2 aromatic carbocycles. The molecule has 46 heavy (non-hydrogen) atoms. The van der Waals surface area contributed by atoms with Gasteiger partial charge in [-0.05, 0) is 48.0 Å². The second kappa shape index (κ2) is 13.5. The van der Waals surface area contributed by atoms with Gasteiger partial charge in [-0.3, -0.25) is 19.6 Å². The first-order chi connectivity index (χ1) is 22.1. The Morgan fingerprint density at radius 1 is 0.978 bits per heavy atom. The molecule has 13 nitrogen and oxygen atoms in total. The molecule has 244 valence electrons. The van der Waals surface area contributed by atoms with Gasteiger partial charge in [0.2, 0.25) is 16.0 Å². The number of hydrogen-bond acceptors (Lipinski definition) is 12. The molecule has 0 amide bonds. The van der Waals surface area contributed by atoms with Crippen LogP contribution in [-0.4, -0.2) is 104 Å². The van der Waals surface area contributed by atoms with E-state index in [-0.39, 0.29) is 17.5 Å². The summed E-state index contributed by atoms with van der Waals surface area (Å²) in [6, 6.07) is 7.03. The van der Waals surface area contributed by atoms with Crippen molar-refractivity contribution in [2.75, 3.05) is 79.9 Å². The topological polar surface area (TPSA) is 141 Å². The lowest BCUT2D eigenvalue weighted by Gasteiger charge is -2.42. The lowest BCUT2D eigenvalue weighted by atomic mass is 10.0. The Kier molecular flexibility index (Phi) is 9.40. The number of rotatable bonds is 9. The molecule has 0 spiro atoms. The largest absolute Gasteiger partial charge is 0.494 e. The van der Waals surface area contributed by atoms with Crippen molar-refractivity contribution in [3.8, 4) is 5.75 Å². The average molecular weight is 716 g/mol. The molecule has 0 saturated carbocycles. The summed E-state index contributed by atoms with van der Waals surface area (Å²) in [5.41, 5.74) is 2.37. The summed E-state index contributed by atoms with van der Waals surface area (Å²) < 4.78 is 48.7. The maximum Gasteiger partial charge on any atom is 0.229 e. The van der Waals surface area contributed by atoms with Gasteiger partial charge in [-0.25, -0.2) is 17.8 Å². The number of sulfonamides is 1. The predicted molar refractivity (Wildman–Crippen MR) is 182 cm³/mol. The molecule has 6 rings (SSSR count). The van der Waals surface area contributed by atoms with Crippen molar-refractivity contribution in [3.63, 3.8) is 0 Å². The molecule has 2 aliphatic heterocycles. The minimum Gasteiger partial charge on any atom is -0.494 e. The van der Waals surface area contributed by atoms with E-state index in [0.29, 0.717) is 50.2 Å². The van der Waals surface area contributed by atoms with Crippen molar-refractivity contribution in [2.24, 2.45) is 0 Å². The van der Waals surface area contributed by atoms with Gasteiger partial charge in [0.25, 0.3) is 0 Å². The fourth-order valence-corrected chi connectivity index (χ4v) is 6.77. The molecule has 0 bridgehead atoms. The molecule has 4 aromatic rings. The second-order valence-electron chi connectivity index (χ2n) is 11.5. The van der Waals surface area contributed by atoms with Gasteiger partial charge in [0.05, 0.1) is 46.1 Å². The number of likely N-dealkylation sites (N-methyl/N-ethyl adjacent to an activating group) is 1. The minimum absolute atomic E-state index is 0.169. The molecule has 0 radical (unpaired) electrons. The van der Waals surface area contributed by atoms with Crippen LogP contribution in [0.25, 0.3) is 11.0 Å². The van der Waals surface area contributed by atoms with E-state index in [1.807, 2.05) is 0 Å². The van der Waals surface area contributed by atoms with E-state index in [9.17, 15) is 8.42 Å². The molecule has 0 atom stereocenters. The Bertz CT molecular complexity index is 1830. The highest BCUT2D eigenvalue weighted by atomic mass is 79.9. The highest BCUT2D eigenvalue weighted by molar-refractivity contribution is 9.10. The molecule has 16 heteroatoms. The number of fused-ring (bicyclic) bond motifs is 1.